The lowest BCUT2D eigenvalue weighted by atomic mass is 9.72. The Morgan fingerprint density at radius 1 is 1.31 bits per heavy atom. The predicted molar refractivity (Wildman–Crippen MR) is 84.4 cm³/mol. The summed E-state index contributed by atoms with van der Waals surface area (Å²) in [5.41, 5.74) is 0. The van der Waals surface area contributed by atoms with Gasteiger partial charge in [0.25, 0.3) is 0 Å². The summed E-state index contributed by atoms with van der Waals surface area (Å²) in [6.07, 6.45) is -0.223. The number of hydrogen-bond donors (Lipinski definition) is 5. The minimum Gasteiger partial charge on any atom is -0.481 e. The zero-order valence-corrected chi connectivity index (χ0v) is 13.8. The molecular weight excluding hydrogens is 351 g/mol. The molecule has 0 saturated carbocycles. The number of urea groups is 1. The van der Waals surface area contributed by atoms with Crippen LogP contribution in [0.2, 0.25) is 0 Å². The molecule has 0 spiro atoms. The molecule has 5 N–H and O–H groups in total. The standard InChI is InChI=1S/C13H19BN4O8/c19-9(6-16-13(24)18-4-3-15-11(22)12(18)23)17-8-2-1-7(5-10(20)21)26-14(8)25/h7-8,25H,1-6H2,(H,15,22)(H,16,24)(H,17,19)(H,20,21)/t7-,8-/m0/s1. The molecule has 0 aromatic carbocycles. The van der Waals surface area contributed by atoms with E-state index in [2.05, 4.69) is 16.0 Å². The first kappa shape index (κ1) is 19.7. The Balaban J connectivity index is 1.75. The third kappa shape index (κ3) is 5.16. The molecule has 13 heteroatoms. The largest absolute Gasteiger partial charge is 0.481 e. The molecule has 2 saturated heterocycles. The second-order valence-corrected chi connectivity index (χ2v) is 5.87. The second-order valence-electron chi connectivity index (χ2n) is 5.87. The van der Waals surface area contributed by atoms with E-state index in [1.807, 2.05) is 0 Å². The lowest BCUT2D eigenvalue weighted by Gasteiger charge is -2.31. The van der Waals surface area contributed by atoms with Gasteiger partial charge in [-0.1, -0.05) is 0 Å². The van der Waals surface area contributed by atoms with Crippen LogP contribution in [0.3, 0.4) is 0 Å². The number of aliphatic carboxylic acids is 1. The summed E-state index contributed by atoms with van der Waals surface area (Å²) in [5.74, 6) is -4.32. The number of rotatable bonds is 5. The quantitative estimate of drug-likeness (QED) is 0.249. The van der Waals surface area contributed by atoms with E-state index in [1.54, 1.807) is 0 Å². The summed E-state index contributed by atoms with van der Waals surface area (Å²) in [4.78, 5) is 57.8. The van der Waals surface area contributed by atoms with Gasteiger partial charge in [0, 0.05) is 13.1 Å². The van der Waals surface area contributed by atoms with Crippen molar-refractivity contribution in [2.24, 2.45) is 0 Å². The predicted octanol–water partition coefficient (Wildman–Crippen LogP) is -3.19. The number of piperazine rings is 1. The Kier molecular flexibility index (Phi) is 6.52. The number of carboxylic acids is 1. The first-order valence-corrected chi connectivity index (χ1v) is 8.00. The van der Waals surface area contributed by atoms with Crippen molar-refractivity contribution in [2.75, 3.05) is 19.6 Å². The van der Waals surface area contributed by atoms with Crippen LogP contribution in [0.15, 0.2) is 0 Å². The highest BCUT2D eigenvalue weighted by Gasteiger charge is 2.37. The normalized spacial score (nSPS) is 23.3. The van der Waals surface area contributed by atoms with E-state index in [1.165, 1.54) is 0 Å². The van der Waals surface area contributed by atoms with Gasteiger partial charge in [0.15, 0.2) is 0 Å². The monoisotopic (exact) mass is 370 g/mol. The van der Waals surface area contributed by atoms with Crippen molar-refractivity contribution >= 4 is 36.8 Å². The van der Waals surface area contributed by atoms with E-state index < -0.39 is 55.4 Å². The van der Waals surface area contributed by atoms with Gasteiger partial charge in [0.2, 0.25) is 5.91 Å². The minimum atomic E-state index is -1.36. The molecule has 2 aliphatic heterocycles. The van der Waals surface area contributed by atoms with E-state index >= 15 is 0 Å². The molecular formula is C13H19BN4O8. The number of hydrogen-bond acceptors (Lipinski definition) is 7. The van der Waals surface area contributed by atoms with Crippen LogP contribution in [0.5, 0.6) is 0 Å². The lowest BCUT2D eigenvalue weighted by molar-refractivity contribution is -0.145. The zero-order valence-electron chi connectivity index (χ0n) is 13.8. The number of imide groups is 1. The van der Waals surface area contributed by atoms with Gasteiger partial charge in [-0.25, -0.2) is 4.79 Å². The fourth-order valence-corrected chi connectivity index (χ4v) is 2.64. The number of nitrogens with one attached hydrogen (secondary N) is 3. The van der Waals surface area contributed by atoms with Gasteiger partial charge < -0.3 is 30.7 Å². The maximum Gasteiger partial charge on any atom is 0.478 e. The number of amides is 5. The van der Waals surface area contributed by atoms with Crippen LogP contribution in [-0.4, -0.2) is 83.6 Å². The van der Waals surface area contributed by atoms with Gasteiger partial charge in [-0.2, -0.15) is 0 Å². The Hall–Kier alpha value is -2.67. The Bertz CT molecular complexity index is 615. The van der Waals surface area contributed by atoms with Crippen LogP contribution < -0.4 is 16.0 Å². The molecule has 0 radical (unpaired) electrons. The first-order chi connectivity index (χ1) is 12.3. The van der Waals surface area contributed by atoms with Crippen LogP contribution in [0.1, 0.15) is 19.3 Å². The maximum absolute atomic E-state index is 11.9. The summed E-state index contributed by atoms with van der Waals surface area (Å²) in [6, 6.07) is -0.873. The van der Waals surface area contributed by atoms with E-state index in [0.29, 0.717) is 17.7 Å². The van der Waals surface area contributed by atoms with E-state index in [9.17, 15) is 29.0 Å². The molecule has 0 bridgehead atoms. The highest BCUT2D eigenvalue weighted by molar-refractivity contribution is 6.45. The summed E-state index contributed by atoms with van der Waals surface area (Å²) in [7, 11) is -1.36. The topological polar surface area (TPSA) is 174 Å². The van der Waals surface area contributed by atoms with E-state index in [0.717, 1.165) is 0 Å². The third-order valence-electron chi connectivity index (χ3n) is 3.93. The van der Waals surface area contributed by atoms with Crippen molar-refractivity contribution < 1.29 is 38.8 Å². The molecule has 2 rings (SSSR count). The SMILES string of the molecule is O=C(O)C[C@@H]1CC[C@H](NC(=O)CNC(=O)N2CCNC(=O)C2=O)B(O)O1. The number of carbonyl (C=O) groups excluding carboxylic acids is 4. The molecule has 2 fully saturated rings. The minimum absolute atomic E-state index is 0.00181. The Morgan fingerprint density at radius 2 is 2.04 bits per heavy atom. The van der Waals surface area contributed by atoms with Crippen molar-refractivity contribution in [3.05, 3.63) is 0 Å². The van der Waals surface area contributed by atoms with Crippen molar-refractivity contribution in [3.63, 3.8) is 0 Å². The van der Waals surface area contributed by atoms with Gasteiger partial charge >= 0.3 is 30.9 Å². The summed E-state index contributed by atoms with van der Waals surface area (Å²) in [5, 5.41) is 25.5. The van der Waals surface area contributed by atoms with E-state index in [4.69, 9.17) is 9.76 Å². The molecule has 0 aromatic heterocycles. The molecule has 2 heterocycles. The van der Waals surface area contributed by atoms with Crippen LogP contribution in [0.4, 0.5) is 4.79 Å². The van der Waals surface area contributed by atoms with Crippen molar-refractivity contribution in [2.45, 2.75) is 31.3 Å². The lowest BCUT2D eigenvalue weighted by Crippen LogP contribution is -2.58. The van der Waals surface area contributed by atoms with Crippen molar-refractivity contribution in [3.8, 4) is 0 Å². The third-order valence-corrected chi connectivity index (χ3v) is 3.93. The summed E-state index contributed by atoms with van der Waals surface area (Å²) >= 11 is 0. The van der Waals surface area contributed by atoms with E-state index in [-0.39, 0.29) is 19.5 Å². The first-order valence-electron chi connectivity index (χ1n) is 8.00. The molecule has 5 amide bonds. The molecule has 142 valence electrons. The average molecular weight is 370 g/mol. The second kappa shape index (κ2) is 8.62. The van der Waals surface area contributed by atoms with Crippen molar-refractivity contribution in [1.29, 1.82) is 0 Å². The van der Waals surface area contributed by atoms with Crippen molar-refractivity contribution in [1.82, 2.24) is 20.9 Å². The summed E-state index contributed by atoms with van der Waals surface area (Å²) in [6.45, 7) is -0.336. The van der Waals surface area contributed by atoms with Crippen LogP contribution in [-0.2, 0) is 23.8 Å². The van der Waals surface area contributed by atoms with Gasteiger partial charge in [-0.3, -0.25) is 24.1 Å². The molecule has 2 aliphatic rings. The van der Waals surface area contributed by atoms with Gasteiger partial charge in [-0.15, -0.1) is 0 Å². The maximum atomic E-state index is 11.9. The average Bonchev–Trinajstić information content (AvgIpc) is 2.57. The fraction of sp³-hybridized carbons (Fsp3) is 0.615. The molecule has 2 atom stereocenters. The number of carboxylic acid groups (broad SMARTS) is 1. The Morgan fingerprint density at radius 3 is 2.69 bits per heavy atom. The van der Waals surface area contributed by atoms with Gasteiger partial charge in [0.1, 0.15) is 0 Å². The molecule has 0 unspecified atom stereocenters. The van der Waals surface area contributed by atoms with Gasteiger partial charge in [0.05, 0.1) is 25.0 Å². The molecule has 0 aliphatic carbocycles. The molecule has 12 nitrogen and oxygen atoms in total. The smallest absolute Gasteiger partial charge is 0.478 e. The molecule has 26 heavy (non-hydrogen) atoms. The summed E-state index contributed by atoms with van der Waals surface area (Å²) < 4.78 is 5.13. The number of nitrogens with zero attached hydrogens (tertiary/aromatic N) is 1. The fourth-order valence-electron chi connectivity index (χ4n) is 2.64. The van der Waals surface area contributed by atoms with Gasteiger partial charge in [-0.05, 0) is 12.8 Å². The van der Waals surface area contributed by atoms with Crippen LogP contribution in [0, 0.1) is 0 Å². The number of carbonyl (C=O) groups is 5. The highest BCUT2D eigenvalue weighted by atomic mass is 16.5. The molecule has 0 aromatic rings. The highest BCUT2D eigenvalue weighted by Crippen LogP contribution is 2.18. The van der Waals surface area contributed by atoms with Crippen LogP contribution >= 0.6 is 0 Å². The zero-order chi connectivity index (χ0) is 19.3. The Labute approximate surface area is 148 Å². The van der Waals surface area contributed by atoms with Crippen LogP contribution in [0.25, 0.3) is 0 Å².